The van der Waals surface area contributed by atoms with Crippen LogP contribution in [-0.4, -0.2) is 26.3 Å². The van der Waals surface area contributed by atoms with Gasteiger partial charge in [0.15, 0.2) is 9.84 Å². The van der Waals surface area contributed by atoms with Gasteiger partial charge in [-0.15, -0.1) is 0 Å². The van der Waals surface area contributed by atoms with Gasteiger partial charge in [-0.25, -0.2) is 8.42 Å². The summed E-state index contributed by atoms with van der Waals surface area (Å²) in [7, 11) is -3.04. The first kappa shape index (κ1) is 12.2. The molecule has 1 rings (SSSR count). The molecule has 15 heavy (non-hydrogen) atoms. The van der Waals surface area contributed by atoms with Crippen LogP contribution in [-0.2, 0) is 15.6 Å². The highest BCUT2D eigenvalue weighted by Crippen LogP contribution is 2.14. The fourth-order valence-corrected chi connectivity index (χ4v) is 2.11. The van der Waals surface area contributed by atoms with Gasteiger partial charge in [0, 0.05) is 12.8 Å². The Balaban J connectivity index is 2.93. The Hall–Kier alpha value is -0.910. The Labute approximate surface area is 89.7 Å². The zero-order valence-electron chi connectivity index (χ0n) is 8.55. The number of rotatable bonds is 4. The SMILES string of the molecule is CS(=O)(=O)Cc1cccc(C(O)CN)c1. The second-order valence-corrected chi connectivity index (χ2v) is 5.71. The molecule has 0 aromatic heterocycles. The third-order valence-electron chi connectivity index (χ3n) is 1.99. The molecular weight excluding hydrogens is 214 g/mol. The van der Waals surface area contributed by atoms with E-state index in [0.29, 0.717) is 11.1 Å². The molecule has 4 nitrogen and oxygen atoms in total. The predicted molar refractivity (Wildman–Crippen MR) is 59.0 cm³/mol. The van der Waals surface area contributed by atoms with E-state index in [-0.39, 0.29) is 12.3 Å². The van der Waals surface area contributed by atoms with Gasteiger partial charge in [-0.05, 0) is 11.1 Å². The largest absolute Gasteiger partial charge is 0.387 e. The quantitative estimate of drug-likeness (QED) is 0.774. The van der Waals surface area contributed by atoms with Gasteiger partial charge in [-0.3, -0.25) is 0 Å². The van der Waals surface area contributed by atoms with Gasteiger partial charge in [0.25, 0.3) is 0 Å². The summed E-state index contributed by atoms with van der Waals surface area (Å²) in [6.07, 6.45) is 0.448. The molecule has 0 bridgehead atoms. The minimum absolute atomic E-state index is 0.0157. The summed E-state index contributed by atoms with van der Waals surface area (Å²) in [5.41, 5.74) is 6.63. The van der Waals surface area contributed by atoms with E-state index in [1.165, 1.54) is 6.26 Å². The number of hydrogen-bond donors (Lipinski definition) is 2. The second kappa shape index (κ2) is 4.74. The first-order chi connectivity index (χ1) is 6.92. The first-order valence-electron chi connectivity index (χ1n) is 4.57. The van der Waals surface area contributed by atoms with Crippen LogP contribution in [0.4, 0.5) is 0 Å². The van der Waals surface area contributed by atoms with Gasteiger partial charge in [0.1, 0.15) is 0 Å². The molecular formula is C10H15NO3S. The molecule has 0 aliphatic heterocycles. The van der Waals surface area contributed by atoms with Gasteiger partial charge in [0.05, 0.1) is 11.9 Å². The van der Waals surface area contributed by atoms with E-state index in [1.54, 1.807) is 24.3 Å². The molecule has 84 valence electrons. The maximum atomic E-state index is 11.1. The van der Waals surface area contributed by atoms with E-state index in [9.17, 15) is 13.5 Å². The summed E-state index contributed by atoms with van der Waals surface area (Å²) in [4.78, 5) is 0. The minimum Gasteiger partial charge on any atom is -0.387 e. The molecule has 1 aromatic rings. The Kier molecular flexibility index (Phi) is 3.84. The monoisotopic (exact) mass is 229 g/mol. The maximum Gasteiger partial charge on any atom is 0.151 e. The van der Waals surface area contributed by atoms with Crippen molar-refractivity contribution in [2.45, 2.75) is 11.9 Å². The van der Waals surface area contributed by atoms with E-state index in [2.05, 4.69) is 0 Å². The highest BCUT2D eigenvalue weighted by Gasteiger charge is 2.08. The van der Waals surface area contributed by atoms with Crippen LogP contribution in [0.1, 0.15) is 17.2 Å². The second-order valence-electron chi connectivity index (χ2n) is 3.57. The van der Waals surface area contributed by atoms with E-state index in [4.69, 9.17) is 5.73 Å². The zero-order chi connectivity index (χ0) is 11.5. The zero-order valence-corrected chi connectivity index (χ0v) is 9.37. The number of nitrogens with two attached hydrogens (primary N) is 1. The summed E-state index contributed by atoms with van der Waals surface area (Å²) in [5.74, 6) is -0.0157. The fraction of sp³-hybridized carbons (Fsp3) is 0.400. The molecule has 0 spiro atoms. The van der Waals surface area contributed by atoms with Crippen molar-refractivity contribution in [2.75, 3.05) is 12.8 Å². The van der Waals surface area contributed by atoms with Crippen LogP contribution in [0.2, 0.25) is 0 Å². The van der Waals surface area contributed by atoms with E-state index in [1.807, 2.05) is 0 Å². The Morgan fingerprint density at radius 2 is 2.13 bits per heavy atom. The van der Waals surface area contributed by atoms with Crippen molar-refractivity contribution in [3.05, 3.63) is 35.4 Å². The third kappa shape index (κ3) is 3.99. The highest BCUT2D eigenvalue weighted by atomic mass is 32.2. The van der Waals surface area contributed by atoms with Crippen LogP contribution >= 0.6 is 0 Å². The summed E-state index contributed by atoms with van der Waals surface area (Å²) in [5, 5.41) is 9.48. The molecule has 3 N–H and O–H groups in total. The predicted octanol–water partition coefficient (Wildman–Crippen LogP) is 0.223. The molecule has 1 aromatic carbocycles. The van der Waals surface area contributed by atoms with Gasteiger partial charge in [0.2, 0.25) is 0 Å². The van der Waals surface area contributed by atoms with Crippen molar-refractivity contribution < 1.29 is 13.5 Å². The average molecular weight is 229 g/mol. The summed E-state index contributed by atoms with van der Waals surface area (Å²) in [6.45, 7) is 0.127. The lowest BCUT2D eigenvalue weighted by Crippen LogP contribution is -2.12. The highest BCUT2D eigenvalue weighted by molar-refractivity contribution is 7.89. The first-order valence-corrected chi connectivity index (χ1v) is 6.63. The molecule has 0 fully saturated rings. The molecule has 1 atom stereocenters. The number of benzene rings is 1. The summed E-state index contributed by atoms with van der Waals surface area (Å²) in [6, 6.07) is 6.82. The van der Waals surface area contributed by atoms with E-state index < -0.39 is 15.9 Å². The van der Waals surface area contributed by atoms with Crippen LogP contribution in [0.3, 0.4) is 0 Å². The molecule has 0 amide bonds. The van der Waals surface area contributed by atoms with Crippen LogP contribution in [0, 0.1) is 0 Å². The standard InChI is InChI=1S/C10H15NO3S/c1-15(13,14)7-8-3-2-4-9(5-8)10(12)6-11/h2-5,10,12H,6-7,11H2,1H3. The molecule has 0 aliphatic rings. The van der Waals surface area contributed by atoms with Crippen LogP contribution in [0.5, 0.6) is 0 Å². The van der Waals surface area contributed by atoms with Crippen molar-refractivity contribution in [1.29, 1.82) is 0 Å². The normalized spacial score (nSPS) is 13.8. The van der Waals surface area contributed by atoms with Crippen molar-refractivity contribution in [3.8, 4) is 0 Å². The van der Waals surface area contributed by atoms with Crippen molar-refractivity contribution in [1.82, 2.24) is 0 Å². The molecule has 0 saturated carbocycles. The Morgan fingerprint density at radius 1 is 1.47 bits per heavy atom. The summed E-state index contributed by atoms with van der Waals surface area (Å²) >= 11 is 0. The van der Waals surface area contributed by atoms with Crippen molar-refractivity contribution >= 4 is 9.84 Å². The molecule has 0 saturated heterocycles. The van der Waals surface area contributed by atoms with Gasteiger partial charge >= 0.3 is 0 Å². The average Bonchev–Trinajstić information content (AvgIpc) is 2.14. The van der Waals surface area contributed by atoms with Crippen molar-refractivity contribution in [2.24, 2.45) is 5.73 Å². The number of aliphatic hydroxyl groups is 1. The maximum absolute atomic E-state index is 11.1. The van der Waals surface area contributed by atoms with Crippen molar-refractivity contribution in [3.63, 3.8) is 0 Å². The summed E-state index contributed by atoms with van der Waals surface area (Å²) < 4.78 is 22.1. The number of sulfone groups is 1. The van der Waals surface area contributed by atoms with Gasteiger partial charge in [-0.2, -0.15) is 0 Å². The lowest BCUT2D eigenvalue weighted by molar-refractivity contribution is 0.186. The number of aliphatic hydroxyl groups excluding tert-OH is 1. The molecule has 0 aliphatic carbocycles. The minimum atomic E-state index is -3.04. The smallest absolute Gasteiger partial charge is 0.151 e. The molecule has 0 heterocycles. The molecule has 1 unspecified atom stereocenters. The lowest BCUT2D eigenvalue weighted by Gasteiger charge is -2.09. The molecule has 5 heteroatoms. The number of hydrogen-bond acceptors (Lipinski definition) is 4. The van der Waals surface area contributed by atoms with E-state index in [0.717, 1.165) is 0 Å². The Bertz CT molecular complexity index is 428. The van der Waals surface area contributed by atoms with Crippen LogP contribution < -0.4 is 5.73 Å². The van der Waals surface area contributed by atoms with Gasteiger partial charge in [-0.1, -0.05) is 24.3 Å². The fourth-order valence-electron chi connectivity index (χ4n) is 1.33. The third-order valence-corrected chi connectivity index (χ3v) is 2.85. The van der Waals surface area contributed by atoms with Crippen LogP contribution in [0.15, 0.2) is 24.3 Å². The lowest BCUT2D eigenvalue weighted by atomic mass is 10.1. The van der Waals surface area contributed by atoms with Crippen LogP contribution in [0.25, 0.3) is 0 Å². The Morgan fingerprint density at radius 3 is 2.67 bits per heavy atom. The van der Waals surface area contributed by atoms with Gasteiger partial charge < -0.3 is 10.8 Å². The topological polar surface area (TPSA) is 80.4 Å². The van der Waals surface area contributed by atoms with E-state index >= 15 is 0 Å². The molecule has 0 radical (unpaired) electrons.